The zero-order chi connectivity index (χ0) is 20.7. The third-order valence-electron chi connectivity index (χ3n) is 4.53. The number of hydrogen-bond donors (Lipinski definition) is 1. The molecule has 1 amide bonds. The van der Waals surface area contributed by atoms with Crippen molar-refractivity contribution < 1.29 is 22.7 Å². The predicted octanol–water partition coefficient (Wildman–Crippen LogP) is 4.07. The number of halogens is 4. The molecule has 0 aromatic carbocycles. The standard InChI is InChI=1S/C19H25ClF3N3O2/c1-13(24-2)4-3-5-14-10-16(18(20)25-11-14)28-15-7-9-26(12-15)17(27)6-8-19(21,22)23/h3,5,10-11,13,15,24H,4,6-9,12H2,1-2H3/t13-,15-/m0/s1. The molecule has 0 bridgehead atoms. The monoisotopic (exact) mass is 419 g/mol. The lowest BCUT2D eigenvalue weighted by Crippen LogP contribution is -2.31. The van der Waals surface area contributed by atoms with Gasteiger partial charge in [0.15, 0.2) is 10.9 Å². The van der Waals surface area contributed by atoms with Crippen LogP contribution in [-0.2, 0) is 4.79 Å². The van der Waals surface area contributed by atoms with Crippen molar-refractivity contribution in [3.63, 3.8) is 0 Å². The lowest BCUT2D eigenvalue weighted by atomic mass is 10.2. The molecular formula is C19H25ClF3N3O2. The number of nitrogens with zero attached hydrogens (tertiary/aromatic N) is 2. The molecule has 1 aliphatic heterocycles. The average molecular weight is 420 g/mol. The van der Waals surface area contributed by atoms with Crippen LogP contribution in [0.15, 0.2) is 18.3 Å². The van der Waals surface area contributed by atoms with E-state index in [0.717, 1.165) is 12.0 Å². The number of hydrogen-bond acceptors (Lipinski definition) is 4. The second-order valence-electron chi connectivity index (χ2n) is 6.87. The summed E-state index contributed by atoms with van der Waals surface area (Å²) < 4.78 is 42.7. The molecule has 0 aliphatic carbocycles. The van der Waals surface area contributed by atoms with E-state index in [4.69, 9.17) is 16.3 Å². The Hall–Kier alpha value is -1.80. The van der Waals surface area contributed by atoms with Crippen LogP contribution in [0.4, 0.5) is 13.2 Å². The van der Waals surface area contributed by atoms with Gasteiger partial charge in [-0.3, -0.25) is 4.79 Å². The maximum atomic E-state index is 12.3. The molecule has 1 aromatic heterocycles. The molecule has 28 heavy (non-hydrogen) atoms. The first-order valence-corrected chi connectivity index (χ1v) is 9.56. The van der Waals surface area contributed by atoms with E-state index in [-0.39, 0.29) is 17.8 Å². The summed E-state index contributed by atoms with van der Waals surface area (Å²) >= 11 is 6.10. The first kappa shape index (κ1) is 22.5. The molecule has 1 aliphatic rings. The van der Waals surface area contributed by atoms with E-state index in [1.807, 2.05) is 19.2 Å². The van der Waals surface area contributed by atoms with Crippen LogP contribution in [0.5, 0.6) is 5.75 Å². The Morgan fingerprint density at radius 1 is 1.54 bits per heavy atom. The number of amides is 1. The first-order chi connectivity index (χ1) is 13.2. The summed E-state index contributed by atoms with van der Waals surface area (Å²) in [6, 6.07) is 2.12. The van der Waals surface area contributed by atoms with Gasteiger partial charge in [0, 0.05) is 31.6 Å². The third-order valence-corrected chi connectivity index (χ3v) is 4.82. The van der Waals surface area contributed by atoms with E-state index < -0.39 is 24.9 Å². The van der Waals surface area contributed by atoms with Crippen molar-refractivity contribution in [2.24, 2.45) is 0 Å². The summed E-state index contributed by atoms with van der Waals surface area (Å²) in [4.78, 5) is 17.4. The molecule has 2 atom stereocenters. The number of nitrogens with one attached hydrogen (secondary N) is 1. The summed E-state index contributed by atoms with van der Waals surface area (Å²) in [6.45, 7) is 2.68. The summed E-state index contributed by atoms with van der Waals surface area (Å²) in [5.41, 5.74) is 0.832. The van der Waals surface area contributed by atoms with Crippen molar-refractivity contribution in [1.82, 2.24) is 15.2 Å². The van der Waals surface area contributed by atoms with Crippen LogP contribution in [0.1, 0.15) is 38.2 Å². The quantitative estimate of drug-likeness (QED) is 0.645. The van der Waals surface area contributed by atoms with Crippen LogP contribution >= 0.6 is 11.6 Å². The Kier molecular flexibility index (Phi) is 8.12. The summed E-state index contributed by atoms with van der Waals surface area (Å²) in [6.07, 6.45) is 0.672. The van der Waals surface area contributed by atoms with Crippen molar-refractivity contribution in [3.05, 3.63) is 29.1 Å². The molecule has 0 saturated carbocycles. The fraction of sp³-hybridized carbons (Fsp3) is 0.579. The normalized spacial score (nSPS) is 18.6. The van der Waals surface area contributed by atoms with Crippen molar-refractivity contribution in [2.45, 2.75) is 50.9 Å². The Bertz CT molecular complexity index is 697. The topological polar surface area (TPSA) is 54.5 Å². The maximum Gasteiger partial charge on any atom is 0.389 e. The van der Waals surface area contributed by atoms with Gasteiger partial charge in [0.1, 0.15) is 6.10 Å². The molecule has 0 unspecified atom stereocenters. The number of carbonyl (C=O) groups excluding carboxylic acids is 1. The minimum Gasteiger partial charge on any atom is -0.485 e. The minimum atomic E-state index is -4.33. The van der Waals surface area contributed by atoms with Gasteiger partial charge in [-0.2, -0.15) is 13.2 Å². The highest BCUT2D eigenvalue weighted by Crippen LogP contribution is 2.28. The highest BCUT2D eigenvalue weighted by Gasteiger charge is 2.32. The molecule has 5 nitrogen and oxygen atoms in total. The summed E-state index contributed by atoms with van der Waals surface area (Å²) in [7, 11) is 1.90. The van der Waals surface area contributed by atoms with Crippen LogP contribution in [0, 0.1) is 0 Å². The second kappa shape index (κ2) is 10.1. The highest BCUT2D eigenvalue weighted by atomic mass is 35.5. The van der Waals surface area contributed by atoms with E-state index in [1.54, 1.807) is 12.3 Å². The Morgan fingerprint density at radius 3 is 2.96 bits per heavy atom. The van der Waals surface area contributed by atoms with E-state index >= 15 is 0 Å². The van der Waals surface area contributed by atoms with Crippen molar-refractivity contribution in [1.29, 1.82) is 0 Å². The Labute approximate surface area is 167 Å². The van der Waals surface area contributed by atoms with Gasteiger partial charge >= 0.3 is 6.18 Å². The van der Waals surface area contributed by atoms with Gasteiger partial charge in [-0.25, -0.2) is 4.98 Å². The lowest BCUT2D eigenvalue weighted by molar-refractivity contribution is -0.148. The number of carbonyl (C=O) groups is 1. The fourth-order valence-electron chi connectivity index (χ4n) is 2.78. The number of ether oxygens (including phenoxy) is 1. The van der Waals surface area contributed by atoms with Gasteiger partial charge in [0.05, 0.1) is 13.0 Å². The molecule has 1 saturated heterocycles. The predicted molar refractivity (Wildman–Crippen MR) is 102 cm³/mol. The van der Waals surface area contributed by atoms with Gasteiger partial charge in [-0.05, 0) is 32.0 Å². The SMILES string of the molecule is CN[C@@H](C)CC=Cc1cnc(Cl)c(O[C@H]2CCN(C(=O)CCC(F)(F)F)C2)c1. The van der Waals surface area contributed by atoms with Crippen LogP contribution in [0.25, 0.3) is 6.08 Å². The number of alkyl halides is 3. The second-order valence-corrected chi connectivity index (χ2v) is 7.23. The average Bonchev–Trinajstić information content (AvgIpc) is 3.10. The molecule has 2 heterocycles. The number of aromatic nitrogens is 1. The van der Waals surface area contributed by atoms with Crippen molar-refractivity contribution >= 4 is 23.6 Å². The van der Waals surface area contributed by atoms with Gasteiger partial charge in [0.2, 0.25) is 5.91 Å². The zero-order valence-corrected chi connectivity index (χ0v) is 16.7. The molecular weight excluding hydrogens is 395 g/mol. The largest absolute Gasteiger partial charge is 0.485 e. The maximum absolute atomic E-state index is 12.3. The van der Waals surface area contributed by atoms with Crippen LogP contribution in [0.2, 0.25) is 5.15 Å². The smallest absolute Gasteiger partial charge is 0.389 e. The number of likely N-dealkylation sites (tertiary alicyclic amines) is 1. The molecule has 156 valence electrons. The number of pyridine rings is 1. The number of rotatable bonds is 8. The van der Waals surface area contributed by atoms with E-state index in [0.29, 0.717) is 24.8 Å². The lowest BCUT2D eigenvalue weighted by Gasteiger charge is -2.18. The molecule has 0 radical (unpaired) electrons. The third kappa shape index (κ3) is 7.31. The van der Waals surface area contributed by atoms with Crippen LogP contribution < -0.4 is 10.1 Å². The van der Waals surface area contributed by atoms with Crippen molar-refractivity contribution in [2.75, 3.05) is 20.1 Å². The van der Waals surface area contributed by atoms with E-state index in [9.17, 15) is 18.0 Å². The van der Waals surface area contributed by atoms with Gasteiger partial charge in [-0.15, -0.1) is 0 Å². The summed E-state index contributed by atoms with van der Waals surface area (Å²) in [5, 5.41) is 3.35. The zero-order valence-electron chi connectivity index (χ0n) is 15.9. The highest BCUT2D eigenvalue weighted by molar-refractivity contribution is 6.30. The minimum absolute atomic E-state index is 0.211. The molecule has 1 N–H and O–H groups in total. The van der Waals surface area contributed by atoms with Crippen molar-refractivity contribution in [3.8, 4) is 5.75 Å². The Balaban J connectivity index is 1.91. The fourth-order valence-corrected chi connectivity index (χ4v) is 2.93. The summed E-state index contributed by atoms with van der Waals surface area (Å²) in [5.74, 6) is -0.108. The van der Waals surface area contributed by atoms with E-state index in [1.165, 1.54) is 4.90 Å². The van der Waals surface area contributed by atoms with Gasteiger partial charge in [-0.1, -0.05) is 23.8 Å². The Morgan fingerprint density at radius 2 is 2.29 bits per heavy atom. The molecule has 9 heteroatoms. The van der Waals surface area contributed by atoms with Crippen LogP contribution in [0.3, 0.4) is 0 Å². The van der Waals surface area contributed by atoms with Crippen LogP contribution in [-0.4, -0.2) is 54.3 Å². The van der Waals surface area contributed by atoms with Gasteiger partial charge in [0.25, 0.3) is 0 Å². The van der Waals surface area contributed by atoms with Gasteiger partial charge < -0.3 is 15.0 Å². The molecule has 0 spiro atoms. The molecule has 1 aromatic rings. The molecule has 1 fully saturated rings. The first-order valence-electron chi connectivity index (χ1n) is 9.18. The molecule has 2 rings (SSSR count). The van der Waals surface area contributed by atoms with E-state index in [2.05, 4.69) is 17.2 Å².